The van der Waals surface area contributed by atoms with Crippen molar-refractivity contribution in [2.45, 2.75) is 25.1 Å². The van der Waals surface area contributed by atoms with Gasteiger partial charge >= 0.3 is 0 Å². The third kappa shape index (κ3) is 2.83. The van der Waals surface area contributed by atoms with E-state index in [2.05, 4.69) is 24.0 Å². The van der Waals surface area contributed by atoms with Crippen LogP contribution in [-0.4, -0.2) is 4.98 Å². The van der Waals surface area contributed by atoms with Crippen molar-refractivity contribution in [1.29, 1.82) is 0 Å². The van der Waals surface area contributed by atoms with Gasteiger partial charge in [0.2, 0.25) is 0 Å². The van der Waals surface area contributed by atoms with E-state index in [0.29, 0.717) is 0 Å². The molecule has 0 amide bonds. The third-order valence-electron chi connectivity index (χ3n) is 2.50. The number of thiophene rings is 1. The molecule has 2 aromatic heterocycles. The highest BCUT2D eigenvalue weighted by atomic mass is 35.5. The molecule has 1 unspecified atom stereocenters. The van der Waals surface area contributed by atoms with E-state index in [1.807, 2.05) is 35.9 Å². The van der Waals surface area contributed by atoms with Crippen LogP contribution in [0.15, 0.2) is 36.7 Å². The van der Waals surface area contributed by atoms with Crippen LogP contribution in [-0.2, 0) is 12.8 Å². The maximum atomic E-state index is 6.40. The third-order valence-corrected chi connectivity index (χ3v) is 4.37. The molecular formula is C13H14ClNS. The monoisotopic (exact) mass is 251 g/mol. The second kappa shape index (κ2) is 5.46. The SMILES string of the molecule is CCc1ccc(C(Cl)Cc2ccncc2)s1. The van der Waals surface area contributed by atoms with Crippen molar-refractivity contribution in [3.8, 4) is 0 Å². The van der Waals surface area contributed by atoms with Crippen LogP contribution in [0.3, 0.4) is 0 Å². The van der Waals surface area contributed by atoms with Gasteiger partial charge in [0.1, 0.15) is 0 Å². The van der Waals surface area contributed by atoms with Crippen LogP contribution in [0.5, 0.6) is 0 Å². The first-order valence-corrected chi connectivity index (χ1v) is 6.66. The number of aromatic nitrogens is 1. The smallest absolute Gasteiger partial charge is 0.0718 e. The second-order valence-corrected chi connectivity index (χ2v) is 5.41. The van der Waals surface area contributed by atoms with Gasteiger partial charge in [0, 0.05) is 22.1 Å². The van der Waals surface area contributed by atoms with Crippen molar-refractivity contribution in [1.82, 2.24) is 4.98 Å². The molecule has 0 aliphatic carbocycles. The van der Waals surface area contributed by atoms with E-state index in [1.54, 1.807) is 0 Å². The van der Waals surface area contributed by atoms with Gasteiger partial charge in [-0.3, -0.25) is 4.98 Å². The van der Waals surface area contributed by atoms with Crippen LogP contribution in [0.25, 0.3) is 0 Å². The van der Waals surface area contributed by atoms with Gasteiger partial charge in [-0.15, -0.1) is 22.9 Å². The molecule has 0 aromatic carbocycles. The highest BCUT2D eigenvalue weighted by Crippen LogP contribution is 2.30. The zero-order valence-corrected chi connectivity index (χ0v) is 10.8. The van der Waals surface area contributed by atoms with Gasteiger partial charge < -0.3 is 0 Å². The summed E-state index contributed by atoms with van der Waals surface area (Å²) in [5, 5.41) is 0.0766. The summed E-state index contributed by atoms with van der Waals surface area (Å²) < 4.78 is 0. The Morgan fingerprint density at radius 3 is 2.62 bits per heavy atom. The van der Waals surface area contributed by atoms with Crippen molar-refractivity contribution in [3.63, 3.8) is 0 Å². The predicted octanol–water partition coefficient (Wildman–Crippen LogP) is 4.23. The quantitative estimate of drug-likeness (QED) is 0.741. The molecule has 0 radical (unpaired) electrons. The number of rotatable bonds is 4. The van der Waals surface area contributed by atoms with Gasteiger partial charge in [0.05, 0.1) is 5.38 Å². The maximum Gasteiger partial charge on any atom is 0.0718 e. The fraction of sp³-hybridized carbons (Fsp3) is 0.308. The van der Waals surface area contributed by atoms with Gasteiger partial charge in [-0.1, -0.05) is 6.92 Å². The Morgan fingerprint density at radius 1 is 1.25 bits per heavy atom. The Balaban J connectivity index is 2.05. The number of hydrogen-bond donors (Lipinski definition) is 0. The zero-order chi connectivity index (χ0) is 11.4. The molecule has 84 valence electrons. The molecule has 0 aliphatic rings. The Kier molecular flexibility index (Phi) is 3.97. The Morgan fingerprint density at radius 2 is 2.00 bits per heavy atom. The van der Waals surface area contributed by atoms with Gasteiger partial charge in [0.15, 0.2) is 0 Å². The largest absolute Gasteiger partial charge is 0.265 e. The van der Waals surface area contributed by atoms with Gasteiger partial charge in [0.25, 0.3) is 0 Å². The molecule has 0 fully saturated rings. The average Bonchev–Trinajstić information content (AvgIpc) is 2.79. The summed E-state index contributed by atoms with van der Waals surface area (Å²) in [6.07, 6.45) is 5.58. The van der Waals surface area contributed by atoms with E-state index in [9.17, 15) is 0 Å². The zero-order valence-electron chi connectivity index (χ0n) is 9.19. The van der Waals surface area contributed by atoms with Crippen LogP contribution >= 0.6 is 22.9 Å². The molecule has 0 saturated carbocycles. The lowest BCUT2D eigenvalue weighted by atomic mass is 10.1. The van der Waals surface area contributed by atoms with Crippen molar-refractivity contribution >= 4 is 22.9 Å². The topological polar surface area (TPSA) is 12.9 Å². The summed E-state index contributed by atoms with van der Waals surface area (Å²) in [6, 6.07) is 8.34. The first kappa shape index (κ1) is 11.6. The van der Waals surface area contributed by atoms with Gasteiger partial charge in [-0.25, -0.2) is 0 Å². The van der Waals surface area contributed by atoms with Crippen molar-refractivity contribution in [2.24, 2.45) is 0 Å². The number of hydrogen-bond acceptors (Lipinski definition) is 2. The number of pyridine rings is 1. The van der Waals surface area contributed by atoms with Crippen molar-refractivity contribution in [2.75, 3.05) is 0 Å². The number of nitrogens with zero attached hydrogens (tertiary/aromatic N) is 1. The molecule has 0 N–H and O–H groups in total. The number of alkyl halides is 1. The van der Waals surface area contributed by atoms with Crippen molar-refractivity contribution in [3.05, 3.63) is 52.0 Å². The molecule has 0 saturated heterocycles. The molecule has 3 heteroatoms. The van der Waals surface area contributed by atoms with Crippen LogP contribution in [0.1, 0.15) is 27.6 Å². The van der Waals surface area contributed by atoms with E-state index < -0.39 is 0 Å². The van der Waals surface area contributed by atoms with Gasteiger partial charge in [-0.05, 0) is 42.7 Å². The van der Waals surface area contributed by atoms with Crippen LogP contribution in [0, 0.1) is 0 Å². The van der Waals surface area contributed by atoms with Crippen molar-refractivity contribution < 1.29 is 0 Å². The second-order valence-electron chi connectivity index (χ2n) is 3.68. The first-order chi connectivity index (χ1) is 7.79. The molecule has 2 rings (SSSR count). The summed E-state index contributed by atoms with van der Waals surface area (Å²) in [5.74, 6) is 0. The lowest BCUT2D eigenvalue weighted by molar-refractivity contribution is 0.936. The molecule has 16 heavy (non-hydrogen) atoms. The summed E-state index contributed by atoms with van der Waals surface area (Å²) in [4.78, 5) is 6.66. The Bertz CT molecular complexity index is 438. The first-order valence-electron chi connectivity index (χ1n) is 5.41. The number of halogens is 1. The lowest BCUT2D eigenvalue weighted by Crippen LogP contribution is -1.93. The normalized spacial score (nSPS) is 12.6. The average molecular weight is 252 g/mol. The van der Waals surface area contributed by atoms with E-state index >= 15 is 0 Å². The molecule has 2 aromatic rings. The standard InChI is InChI=1S/C13H14ClNS/c1-2-11-3-4-13(16-11)12(14)9-10-5-7-15-8-6-10/h3-8,12H,2,9H2,1H3. The Labute approximate surface area is 105 Å². The lowest BCUT2D eigenvalue weighted by Gasteiger charge is -2.06. The number of aryl methyl sites for hydroxylation is 1. The minimum Gasteiger partial charge on any atom is -0.265 e. The van der Waals surface area contributed by atoms with Crippen LogP contribution in [0.4, 0.5) is 0 Å². The van der Waals surface area contributed by atoms with E-state index in [-0.39, 0.29) is 5.38 Å². The van der Waals surface area contributed by atoms with Crippen LogP contribution < -0.4 is 0 Å². The molecule has 0 spiro atoms. The predicted molar refractivity (Wildman–Crippen MR) is 70.2 cm³/mol. The fourth-order valence-corrected chi connectivity index (χ4v) is 2.89. The maximum absolute atomic E-state index is 6.40. The summed E-state index contributed by atoms with van der Waals surface area (Å²) in [7, 11) is 0. The Hall–Kier alpha value is -0.860. The summed E-state index contributed by atoms with van der Waals surface area (Å²) in [5.41, 5.74) is 1.24. The molecule has 1 nitrogen and oxygen atoms in total. The molecular weight excluding hydrogens is 238 g/mol. The fourth-order valence-electron chi connectivity index (χ4n) is 1.58. The molecule has 2 heterocycles. The summed E-state index contributed by atoms with van der Waals surface area (Å²) in [6.45, 7) is 2.17. The minimum absolute atomic E-state index is 0.0766. The summed E-state index contributed by atoms with van der Waals surface area (Å²) >= 11 is 8.21. The molecule has 1 atom stereocenters. The van der Waals surface area contributed by atoms with E-state index in [4.69, 9.17) is 11.6 Å². The molecule has 0 aliphatic heterocycles. The van der Waals surface area contributed by atoms with Gasteiger partial charge in [-0.2, -0.15) is 0 Å². The van der Waals surface area contributed by atoms with Crippen LogP contribution in [0.2, 0.25) is 0 Å². The molecule has 0 bridgehead atoms. The van der Waals surface area contributed by atoms with E-state index in [0.717, 1.165) is 12.8 Å². The minimum atomic E-state index is 0.0766. The highest BCUT2D eigenvalue weighted by Gasteiger charge is 2.11. The highest BCUT2D eigenvalue weighted by molar-refractivity contribution is 7.12. The van der Waals surface area contributed by atoms with E-state index in [1.165, 1.54) is 15.3 Å².